The van der Waals surface area contributed by atoms with Crippen molar-refractivity contribution in [3.8, 4) is 0 Å². The van der Waals surface area contributed by atoms with Gasteiger partial charge in [0.1, 0.15) is 0 Å². The van der Waals surface area contributed by atoms with E-state index in [9.17, 15) is 9.59 Å². The van der Waals surface area contributed by atoms with Gasteiger partial charge in [-0.15, -0.1) is 0 Å². The molecule has 0 radical (unpaired) electrons. The molecule has 2 bridgehead atoms. The van der Waals surface area contributed by atoms with E-state index in [0.29, 0.717) is 39.0 Å². The lowest BCUT2D eigenvalue weighted by Gasteiger charge is -2.24. The monoisotopic (exact) mass is 600 g/mol. The van der Waals surface area contributed by atoms with Crippen molar-refractivity contribution in [1.82, 2.24) is 20.4 Å². The predicted octanol–water partition coefficient (Wildman–Crippen LogP) is 5.43. The van der Waals surface area contributed by atoms with Crippen molar-refractivity contribution in [2.24, 2.45) is 9.98 Å². The fourth-order valence-electron chi connectivity index (χ4n) is 5.86. The molecule has 44 heavy (non-hydrogen) atoms. The number of fused-ring (bicyclic) bond motifs is 21. The maximum absolute atomic E-state index is 13.3. The Labute approximate surface area is 264 Å². The summed E-state index contributed by atoms with van der Waals surface area (Å²) in [7, 11) is 0. The molecule has 0 saturated heterocycles. The van der Waals surface area contributed by atoms with Gasteiger partial charge in [-0.25, -0.2) is 0 Å². The van der Waals surface area contributed by atoms with Crippen molar-refractivity contribution in [2.45, 2.75) is 77.0 Å². The third-order valence-electron chi connectivity index (χ3n) is 8.34. The van der Waals surface area contributed by atoms with E-state index in [4.69, 9.17) is 9.98 Å². The van der Waals surface area contributed by atoms with Gasteiger partial charge in [-0.1, -0.05) is 62.1 Å². The smallest absolute Gasteiger partial charge is 0.222 e. The molecule has 0 unspecified atom stereocenters. The summed E-state index contributed by atoms with van der Waals surface area (Å²) < 4.78 is 0. The number of rotatable bonds is 0. The minimum atomic E-state index is 0.238. The molecule has 0 aromatic rings. The summed E-state index contributed by atoms with van der Waals surface area (Å²) in [5, 5.41) is 7.16. The molecule has 8 nitrogen and oxygen atoms in total. The lowest BCUT2D eigenvalue weighted by Crippen LogP contribution is -2.36. The highest BCUT2D eigenvalue weighted by Crippen LogP contribution is 2.13. The van der Waals surface area contributed by atoms with E-state index >= 15 is 0 Å². The lowest BCUT2D eigenvalue weighted by molar-refractivity contribution is -0.132. The van der Waals surface area contributed by atoms with Gasteiger partial charge in [0, 0.05) is 65.2 Å². The average Bonchev–Trinajstić information content (AvgIpc) is 3.39. The molecule has 3 aliphatic heterocycles. The zero-order chi connectivity index (χ0) is 30.7. The maximum atomic E-state index is 13.3. The summed E-state index contributed by atoms with van der Waals surface area (Å²) in [5.41, 5.74) is 3.87. The second-order valence-corrected chi connectivity index (χ2v) is 11.8. The van der Waals surface area contributed by atoms with E-state index in [-0.39, 0.29) is 11.8 Å². The van der Waals surface area contributed by atoms with Crippen molar-refractivity contribution in [2.75, 3.05) is 52.4 Å². The second-order valence-electron chi connectivity index (χ2n) is 11.8. The van der Waals surface area contributed by atoms with Crippen LogP contribution < -0.4 is 10.6 Å². The van der Waals surface area contributed by atoms with Crippen LogP contribution in [0.3, 0.4) is 0 Å². The lowest BCUT2D eigenvalue weighted by atomic mass is 10.1. The molecular formula is C36H52N6O2. The quantitative estimate of drug-likeness (QED) is 0.388. The topological polar surface area (TPSA) is 89.4 Å². The fourth-order valence-corrected chi connectivity index (χ4v) is 5.86. The number of carbonyl (C=O) groups is 2. The Hall–Kier alpha value is -3.68. The van der Waals surface area contributed by atoms with Crippen LogP contribution in [0.15, 0.2) is 82.1 Å². The number of aliphatic imine (C=N–C) groups is 2. The predicted molar refractivity (Wildman–Crippen MR) is 182 cm³/mol. The van der Waals surface area contributed by atoms with Gasteiger partial charge >= 0.3 is 0 Å². The van der Waals surface area contributed by atoms with Crippen LogP contribution in [0.1, 0.15) is 77.0 Å². The molecule has 2 aliphatic carbocycles. The minimum Gasteiger partial charge on any atom is -0.383 e. The Kier molecular flexibility index (Phi) is 14.8. The molecule has 0 aromatic carbocycles. The van der Waals surface area contributed by atoms with Crippen LogP contribution in [-0.4, -0.2) is 85.4 Å². The molecule has 2 N–H and O–H groups in total. The largest absolute Gasteiger partial charge is 0.383 e. The number of nitrogens with zero attached hydrogens (tertiary/aromatic N) is 4. The summed E-state index contributed by atoms with van der Waals surface area (Å²) >= 11 is 0. The molecular weight excluding hydrogens is 548 g/mol. The number of hydrogen-bond acceptors (Lipinski definition) is 6. The van der Waals surface area contributed by atoms with Crippen LogP contribution in [0.4, 0.5) is 0 Å². The maximum Gasteiger partial charge on any atom is 0.222 e. The Balaban J connectivity index is 1.56. The van der Waals surface area contributed by atoms with Gasteiger partial charge in [-0.3, -0.25) is 19.6 Å². The van der Waals surface area contributed by atoms with Crippen LogP contribution in [0, 0.1) is 0 Å². The van der Waals surface area contributed by atoms with Gasteiger partial charge in [0.05, 0.1) is 22.8 Å². The van der Waals surface area contributed by atoms with Crippen LogP contribution in [-0.2, 0) is 9.59 Å². The van der Waals surface area contributed by atoms with Crippen molar-refractivity contribution in [3.05, 3.63) is 72.2 Å². The SMILES string of the molecule is O=C1CCCCCCCCC(=O)N2CCCNC3=CC=CC=CC3=NCCCN1CCCN=C1C=CC=CC=C1NCCC2. The zero-order valence-corrected chi connectivity index (χ0v) is 26.5. The van der Waals surface area contributed by atoms with E-state index in [0.717, 1.165) is 113 Å². The van der Waals surface area contributed by atoms with Crippen molar-refractivity contribution in [1.29, 1.82) is 0 Å². The van der Waals surface area contributed by atoms with Crippen LogP contribution >= 0.6 is 0 Å². The Bertz CT molecular complexity index is 1120. The van der Waals surface area contributed by atoms with E-state index in [1.165, 1.54) is 0 Å². The molecule has 0 aromatic heterocycles. The average molecular weight is 601 g/mol. The van der Waals surface area contributed by atoms with E-state index in [1.807, 2.05) is 53.5 Å². The Morgan fingerprint density at radius 3 is 1.41 bits per heavy atom. The van der Waals surface area contributed by atoms with Crippen LogP contribution in [0.25, 0.3) is 0 Å². The highest BCUT2D eigenvalue weighted by molar-refractivity contribution is 6.09. The minimum absolute atomic E-state index is 0.238. The molecule has 8 heteroatoms. The van der Waals surface area contributed by atoms with Crippen molar-refractivity contribution < 1.29 is 9.59 Å². The molecule has 3 heterocycles. The second kappa shape index (κ2) is 19.6. The third kappa shape index (κ3) is 11.8. The summed E-state index contributed by atoms with van der Waals surface area (Å²) in [6.45, 7) is 5.74. The molecule has 238 valence electrons. The van der Waals surface area contributed by atoms with Crippen molar-refractivity contribution in [3.63, 3.8) is 0 Å². The van der Waals surface area contributed by atoms with Gasteiger partial charge in [0.25, 0.3) is 0 Å². The molecule has 5 rings (SSSR count). The number of carbonyl (C=O) groups excluding carboxylic acids is 2. The first kappa shape index (κ1) is 33.2. The highest BCUT2D eigenvalue weighted by Gasteiger charge is 2.16. The van der Waals surface area contributed by atoms with E-state index < -0.39 is 0 Å². The molecule has 0 atom stereocenters. The molecule has 0 fully saturated rings. The summed E-state index contributed by atoms with van der Waals surface area (Å²) in [6.07, 6.45) is 31.1. The van der Waals surface area contributed by atoms with Gasteiger partial charge in [-0.2, -0.15) is 0 Å². The first-order valence-electron chi connectivity index (χ1n) is 16.9. The summed E-state index contributed by atoms with van der Waals surface area (Å²) in [5.74, 6) is 0.491. The molecule has 0 saturated carbocycles. The summed E-state index contributed by atoms with van der Waals surface area (Å²) in [6, 6.07) is 0. The summed E-state index contributed by atoms with van der Waals surface area (Å²) in [4.78, 5) is 40.6. The van der Waals surface area contributed by atoms with Gasteiger partial charge in [0.2, 0.25) is 11.8 Å². The normalized spacial score (nSPS) is 22.6. The number of amides is 2. The Morgan fingerprint density at radius 2 is 0.932 bits per heavy atom. The van der Waals surface area contributed by atoms with E-state index in [2.05, 4.69) is 27.7 Å². The van der Waals surface area contributed by atoms with E-state index in [1.54, 1.807) is 0 Å². The fraction of sp³-hybridized carbons (Fsp3) is 0.556. The Morgan fingerprint density at radius 1 is 0.500 bits per heavy atom. The van der Waals surface area contributed by atoms with Crippen molar-refractivity contribution >= 4 is 23.2 Å². The van der Waals surface area contributed by atoms with Gasteiger partial charge in [-0.05, 0) is 62.8 Å². The number of hydrogen-bond donors (Lipinski definition) is 2. The van der Waals surface area contributed by atoms with Gasteiger partial charge < -0.3 is 20.4 Å². The third-order valence-corrected chi connectivity index (χ3v) is 8.34. The molecule has 2 amide bonds. The number of nitrogens with one attached hydrogen (secondary N) is 2. The highest BCUT2D eigenvalue weighted by atomic mass is 16.2. The standard InChI is InChI=1S/C36H52N6O2/c43-35-21-11-3-1-2-4-12-22-36(44)42-29-15-25-39-33-19-9-5-7-17-31(33)37-23-13-27-41(35)28-14-24-38-32-18-8-6-10-20-34(32)40-26-16-30-42/h5-10,17-20,37-38H,1-4,11-16,21-30H2. The van der Waals surface area contributed by atoms with Crippen LogP contribution in [0.5, 0.6) is 0 Å². The zero-order valence-electron chi connectivity index (χ0n) is 26.5. The van der Waals surface area contributed by atoms with Gasteiger partial charge in [0.15, 0.2) is 0 Å². The first-order chi connectivity index (χ1) is 21.7. The van der Waals surface area contributed by atoms with Crippen LogP contribution in [0.2, 0.25) is 0 Å². The first-order valence-corrected chi connectivity index (χ1v) is 16.9. The molecule has 0 spiro atoms. The molecule has 5 aliphatic rings. The number of allylic oxidation sites excluding steroid dienone is 10.